The van der Waals surface area contributed by atoms with E-state index in [9.17, 15) is 14.4 Å². The molecule has 2 aliphatic rings. The van der Waals surface area contributed by atoms with Gasteiger partial charge in [0.25, 0.3) is 11.8 Å². The maximum Gasteiger partial charge on any atom is 0.255 e. The van der Waals surface area contributed by atoms with Crippen LogP contribution in [-0.2, 0) is 9.59 Å². The van der Waals surface area contributed by atoms with Gasteiger partial charge in [-0.05, 0) is 37.1 Å². The molecule has 1 aromatic carbocycles. The Morgan fingerprint density at radius 2 is 1.96 bits per heavy atom. The zero-order valence-corrected chi connectivity index (χ0v) is 15.9. The van der Waals surface area contributed by atoms with Crippen LogP contribution in [0.4, 0.5) is 0 Å². The molecule has 9 heteroatoms. The van der Waals surface area contributed by atoms with E-state index in [1.165, 1.54) is 0 Å². The fraction of sp³-hybridized carbons (Fsp3) is 0.500. The van der Waals surface area contributed by atoms with Crippen LogP contribution in [0.25, 0.3) is 0 Å². The Kier molecular flexibility index (Phi) is 7.44. The van der Waals surface area contributed by atoms with E-state index in [1.807, 2.05) is 9.80 Å². The molecule has 1 aromatic rings. The first-order valence-electron chi connectivity index (χ1n) is 8.85. The highest BCUT2D eigenvalue weighted by molar-refractivity contribution is 5.94. The molecular weight excluding hydrogens is 372 g/mol. The average Bonchev–Trinajstić information content (AvgIpc) is 2.66. The normalized spacial score (nSPS) is 20.0. The minimum Gasteiger partial charge on any atom is -0.484 e. The first-order valence-corrected chi connectivity index (χ1v) is 8.85. The number of ether oxygens (including phenoxy) is 1. The van der Waals surface area contributed by atoms with Crippen LogP contribution in [-0.4, -0.2) is 72.9 Å². The van der Waals surface area contributed by atoms with Crippen LogP contribution in [0.5, 0.6) is 5.75 Å². The Morgan fingerprint density at radius 3 is 2.63 bits per heavy atom. The lowest BCUT2D eigenvalue weighted by atomic mass is 10.0. The number of piperazine rings is 1. The van der Waals surface area contributed by atoms with Gasteiger partial charge in [0.1, 0.15) is 5.75 Å². The van der Waals surface area contributed by atoms with Gasteiger partial charge in [-0.15, -0.1) is 12.4 Å². The van der Waals surface area contributed by atoms with Crippen molar-refractivity contribution < 1.29 is 19.1 Å². The molecule has 3 N–H and O–H groups in total. The van der Waals surface area contributed by atoms with Gasteiger partial charge in [0.05, 0.1) is 6.54 Å². The second kappa shape index (κ2) is 9.57. The van der Waals surface area contributed by atoms with E-state index >= 15 is 0 Å². The average molecular weight is 397 g/mol. The minimum atomic E-state index is -0.549. The van der Waals surface area contributed by atoms with E-state index in [2.05, 4.69) is 5.32 Å². The highest BCUT2D eigenvalue weighted by atomic mass is 35.5. The Labute approximate surface area is 164 Å². The smallest absolute Gasteiger partial charge is 0.255 e. The Balaban J connectivity index is 0.00000261. The quantitative estimate of drug-likeness (QED) is 0.729. The Hall–Kier alpha value is -2.32. The molecule has 8 nitrogen and oxygen atoms in total. The third-order valence-corrected chi connectivity index (χ3v) is 4.73. The number of carbonyl (C=O) groups excluding carboxylic acids is 3. The van der Waals surface area contributed by atoms with Gasteiger partial charge in [-0.2, -0.15) is 0 Å². The van der Waals surface area contributed by atoms with E-state index in [1.54, 1.807) is 24.3 Å². The molecule has 148 valence electrons. The van der Waals surface area contributed by atoms with Crippen LogP contribution < -0.4 is 15.8 Å². The number of amides is 3. The highest BCUT2D eigenvalue weighted by Gasteiger charge is 2.31. The lowest BCUT2D eigenvalue weighted by Gasteiger charge is -2.41. The van der Waals surface area contributed by atoms with E-state index < -0.39 is 5.91 Å². The second-order valence-corrected chi connectivity index (χ2v) is 6.59. The number of primary amides is 1. The standard InChI is InChI=1S/C18H24N4O4.ClH/c19-16(23)12-26-15-5-3-13(4-6-15)18(25)21-8-1-2-14(11-21)22-9-7-20-10-17(22)24;/h3-6,14,20H,1-2,7-12H2,(H2,19,23);1H. The van der Waals surface area contributed by atoms with Crippen molar-refractivity contribution in [3.63, 3.8) is 0 Å². The van der Waals surface area contributed by atoms with Gasteiger partial charge in [-0.3, -0.25) is 14.4 Å². The zero-order chi connectivity index (χ0) is 18.5. The number of halogens is 1. The number of hydrogen-bond acceptors (Lipinski definition) is 5. The predicted octanol–water partition coefficient (Wildman–Crippen LogP) is 0.00890. The van der Waals surface area contributed by atoms with Gasteiger partial charge in [0.15, 0.2) is 6.61 Å². The van der Waals surface area contributed by atoms with Gasteiger partial charge in [0.2, 0.25) is 5.91 Å². The molecular formula is C18H25ClN4O4. The lowest BCUT2D eigenvalue weighted by Crippen LogP contribution is -2.57. The summed E-state index contributed by atoms with van der Waals surface area (Å²) in [5.74, 6) is -0.0134. The van der Waals surface area contributed by atoms with Crippen molar-refractivity contribution in [2.75, 3.05) is 39.3 Å². The molecule has 0 aromatic heterocycles. The van der Waals surface area contributed by atoms with Crippen molar-refractivity contribution in [3.05, 3.63) is 29.8 Å². The number of hydrogen-bond donors (Lipinski definition) is 2. The summed E-state index contributed by atoms with van der Waals surface area (Å²) in [5.41, 5.74) is 5.60. The minimum absolute atomic E-state index is 0. The maximum absolute atomic E-state index is 12.8. The first-order chi connectivity index (χ1) is 12.5. The summed E-state index contributed by atoms with van der Waals surface area (Å²) in [4.78, 5) is 39.3. The third-order valence-electron chi connectivity index (χ3n) is 4.73. The van der Waals surface area contributed by atoms with Crippen LogP contribution in [0.3, 0.4) is 0 Å². The Bertz CT molecular complexity index is 682. The van der Waals surface area contributed by atoms with Gasteiger partial charge in [0, 0.05) is 37.8 Å². The van der Waals surface area contributed by atoms with Crippen molar-refractivity contribution in [1.29, 1.82) is 0 Å². The second-order valence-electron chi connectivity index (χ2n) is 6.59. The Morgan fingerprint density at radius 1 is 1.22 bits per heavy atom. The summed E-state index contributed by atoms with van der Waals surface area (Å²) in [5, 5.41) is 3.07. The van der Waals surface area contributed by atoms with E-state index in [4.69, 9.17) is 10.5 Å². The molecule has 1 unspecified atom stereocenters. The topological polar surface area (TPSA) is 105 Å². The summed E-state index contributed by atoms with van der Waals surface area (Å²) in [7, 11) is 0. The number of rotatable bonds is 5. The molecule has 2 aliphatic heterocycles. The molecule has 27 heavy (non-hydrogen) atoms. The van der Waals surface area contributed by atoms with Crippen molar-refractivity contribution in [2.45, 2.75) is 18.9 Å². The monoisotopic (exact) mass is 396 g/mol. The number of carbonyl (C=O) groups is 3. The van der Waals surface area contributed by atoms with Gasteiger partial charge >= 0.3 is 0 Å². The largest absolute Gasteiger partial charge is 0.484 e. The molecule has 0 bridgehead atoms. The molecule has 2 saturated heterocycles. The number of piperidine rings is 1. The van der Waals surface area contributed by atoms with E-state index in [0.29, 0.717) is 37.5 Å². The summed E-state index contributed by atoms with van der Waals surface area (Å²) >= 11 is 0. The fourth-order valence-electron chi connectivity index (χ4n) is 3.43. The van der Waals surface area contributed by atoms with Crippen LogP contribution >= 0.6 is 12.4 Å². The molecule has 0 spiro atoms. The number of nitrogens with zero attached hydrogens (tertiary/aromatic N) is 2. The third kappa shape index (κ3) is 5.33. The zero-order valence-electron chi connectivity index (χ0n) is 15.1. The molecule has 3 amide bonds. The summed E-state index contributed by atoms with van der Waals surface area (Å²) < 4.78 is 5.21. The molecule has 0 saturated carbocycles. The summed E-state index contributed by atoms with van der Waals surface area (Å²) in [6.07, 6.45) is 1.81. The molecule has 0 radical (unpaired) electrons. The van der Waals surface area contributed by atoms with Crippen molar-refractivity contribution in [2.24, 2.45) is 5.73 Å². The molecule has 2 heterocycles. The number of benzene rings is 1. The molecule has 2 fully saturated rings. The van der Waals surface area contributed by atoms with Crippen LogP contribution in [0.2, 0.25) is 0 Å². The number of likely N-dealkylation sites (tertiary alicyclic amines) is 1. The summed E-state index contributed by atoms with van der Waals surface area (Å²) in [6, 6.07) is 6.74. The molecule has 3 rings (SSSR count). The van der Waals surface area contributed by atoms with Crippen LogP contribution in [0.15, 0.2) is 24.3 Å². The number of nitrogens with one attached hydrogen (secondary N) is 1. The van der Waals surface area contributed by atoms with Crippen molar-refractivity contribution >= 4 is 30.1 Å². The molecule has 1 atom stereocenters. The van der Waals surface area contributed by atoms with Crippen LogP contribution in [0.1, 0.15) is 23.2 Å². The van der Waals surface area contributed by atoms with Crippen LogP contribution in [0, 0.1) is 0 Å². The van der Waals surface area contributed by atoms with Gasteiger partial charge in [-0.1, -0.05) is 0 Å². The highest BCUT2D eigenvalue weighted by Crippen LogP contribution is 2.20. The fourth-order valence-corrected chi connectivity index (χ4v) is 3.43. The lowest BCUT2D eigenvalue weighted by molar-refractivity contribution is -0.135. The van der Waals surface area contributed by atoms with E-state index in [-0.39, 0.29) is 36.9 Å². The summed E-state index contributed by atoms with van der Waals surface area (Å²) in [6.45, 7) is 2.91. The van der Waals surface area contributed by atoms with E-state index in [0.717, 1.165) is 19.4 Å². The van der Waals surface area contributed by atoms with Gasteiger partial charge < -0.3 is 25.6 Å². The number of nitrogens with two attached hydrogens (primary N) is 1. The van der Waals surface area contributed by atoms with Gasteiger partial charge in [-0.25, -0.2) is 0 Å². The molecule has 0 aliphatic carbocycles. The predicted molar refractivity (Wildman–Crippen MR) is 102 cm³/mol. The maximum atomic E-state index is 12.8. The first kappa shape index (κ1) is 21.0. The SMILES string of the molecule is Cl.NC(=O)COc1ccc(C(=O)N2CCCC(N3CCNCC3=O)C2)cc1. The van der Waals surface area contributed by atoms with Crippen molar-refractivity contribution in [1.82, 2.24) is 15.1 Å². The van der Waals surface area contributed by atoms with Crippen molar-refractivity contribution in [3.8, 4) is 5.75 Å².